The van der Waals surface area contributed by atoms with E-state index in [1.54, 1.807) is 6.08 Å². The summed E-state index contributed by atoms with van der Waals surface area (Å²) in [6.45, 7) is 4.29. The molecule has 0 aliphatic heterocycles. The smallest absolute Gasteiger partial charge is 0.375 e. The van der Waals surface area contributed by atoms with Crippen molar-refractivity contribution in [3.05, 3.63) is 12.7 Å². The lowest BCUT2D eigenvalue weighted by atomic mass is 10.7. The first-order valence-corrected chi connectivity index (χ1v) is 6.32. The first kappa shape index (κ1) is 11.5. The summed E-state index contributed by atoms with van der Waals surface area (Å²) in [5.41, 5.74) is 0. The summed E-state index contributed by atoms with van der Waals surface area (Å²) in [4.78, 5) is 0. The van der Waals surface area contributed by atoms with Gasteiger partial charge in [0.15, 0.2) is 0 Å². The molecule has 11 heavy (non-hydrogen) atoms. The first-order chi connectivity index (χ1) is 5.06. The molecule has 0 aromatic rings. The molecule has 0 aromatic heterocycles. The van der Waals surface area contributed by atoms with Gasteiger partial charge in [-0.3, -0.25) is 4.57 Å². The van der Waals surface area contributed by atoms with Crippen LogP contribution in [-0.2, 0) is 13.8 Å². The summed E-state index contributed by atoms with van der Waals surface area (Å²) < 4.78 is 19.9. The second kappa shape index (κ2) is 6.04. The molecule has 0 radical (unpaired) electrons. The van der Waals surface area contributed by atoms with Crippen LogP contribution in [-0.4, -0.2) is 19.8 Å². The van der Waals surface area contributed by atoms with Gasteiger partial charge in [0.25, 0.3) is 0 Å². The molecule has 0 saturated carbocycles. The minimum Gasteiger partial charge on any atom is -0.375 e. The van der Waals surface area contributed by atoms with Crippen molar-refractivity contribution in [1.82, 2.24) is 0 Å². The van der Waals surface area contributed by atoms with E-state index < -0.39 is 6.07 Å². The van der Waals surface area contributed by atoms with E-state index in [1.165, 1.54) is 0 Å². The monoisotopic (exact) mass is 218 g/mol. The van der Waals surface area contributed by atoms with Crippen molar-refractivity contribution < 1.29 is 13.8 Å². The third-order valence-electron chi connectivity index (χ3n) is 0.705. The molecule has 0 spiro atoms. The zero-order valence-corrected chi connectivity index (χ0v) is 8.24. The fourth-order valence-electron chi connectivity index (χ4n) is 0.369. The van der Waals surface area contributed by atoms with Crippen LogP contribution in [0.25, 0.3) is 0 Å². The van der Waals surface area contributed by atoms with Gasteiger partial charge in [0.2, 0.25) is 0 Å². The van der Waals surface area contributed by atoms with Crippen molar-refractivity contribution in [2.24, 2.45) is 0 Å². The summed E-state index contributed by atoms with van der Waals surface area (Å²) in [5.74, 6) is 0. The van der Waals surface area contributed by atoms with Gasteiger partial charge in [-0.25, -0.2) is 0 Å². The number of halogens is 2. The Bertz CT molecular complexity index is 156. The van der Waals surface area contributed by atoms with Crippen LogP contribution in [0.3, 0.4) is 0 Å². The van der Waals surface area contributed by atoms with Crippen molar-refractivity contribution in [1.29, 1.82) is 0 Å². The van der Waals surface area contributed by atoms with Crippen LogP contribution in [0.2, 0.25) is 0 Å². The largest absolute Gasteiger partial charge is 0.380 e. The normalized spacial score (nSPS) is 11.5. The van der Waals surface area contributed by atoms with Gasteiger partial charge in [0.05, 0.1) is 19.8 Å². The zero-order chi connectivity index (χ0) is 8.74. The molecule has 0 amide bonds. The van der Waals surface area contributed by atoms with E-state index in [2.05, 4.69) is 11.1 Å². The summed E-state index contributed by atoms with van der Waals surface area (Å²) in [6, 6.07) is 0. The van der Waals surface area contributed by atoms with Crippen molar-refractivity contribution in [3.8, 4) is 0 Å². The highest BCUT2D eigenvalue weighted by atomic mass is 35.9. The highest BCUT2D eigenvalue weighted by Crippen LogP contribution is 2.57. The predicted octanol–water partition coefficient (Wildman–Crippen LogP) is 2.79. The quantitative estimate of drug-likeness (QED) is 0.391. The summed E-state index contributed by atoms with van der Waals surface area (Å²) in [6.07, 6.45) is -1.78. The minimum atomic E-state index is -3.38. The second-order valence-electron chi connectivity index (χ2n) is 1.61. The standard InChI is InChI=1S/C5H9Cl2O3P/c1-2-3-9-4-5-10-11(6,7)8/h2H,1,3-5H2. The molecule has 0 unspecified atom stereocenters. The molecule has 3 nitrogen and oxygen atoms in total. The Morgan fingerprint density at radius 1 is 1.45 bits per heavy atom. The van der Waals surface area contributed by atoms with Crippen molar-refractivity contribution in [3.63, 3.8) is 0 Å². The Hall–Kier alpha value is 0.470. The van der Waals surface area contributed by atoms with Crippen molar-refractivity contribution in [2.45, 2.75) is 0 Å². The molecular formula is C5H9Cl2O3P. The van der Waals surface area contributed by atoms with Crippen LogP contribution in [0.15, 0.2) is 12.7 Å². The molecule has 0 rings (SSSR count). The van der Waals surface area contributed by atoms with Crippen LogP contribution in [0.4, 0.5) is 0 Å². The molecule has 0 atom stereocenters. The van der Waals surface area contributed by atoms with Gasteiger partial charge in [-0.2, -0.15) is 0 Å². The number of hydrogen-bond donors (Lipinski definition) is 0. The van der Waals surface area contributed by atoms with E-state index in [-0.39, 0.29) is 6.61 Å². The molecule has 0 N–H and O–H groups in total. The molecule has 0 fully saturated rings. The first-order valence-electron chi connectivity index (χ1n) is 2.89. The lowest BCUT2D eigenvalue weighted by Gasteiger charge is -2.03. The van der Waals surface area contributed by atoms with E-state index in [9.17, 15) is 4.57 Å². The molecule has 0 aliphatic rings. The topological polar surface area (TPSA) is 35.5 Å². The van der Waals surface area contributed by atoms with Crippen LogP contribution < -0.4 is 0 Å². The number of hydrogen-bond acceptors (Lipinski definition) is 3. The van der Waals surface area contributed by atoms with E-state index in [0.29, 0.717) is 13.2 Å². The van der Waals surface area contributed by atoms with Gasteiger partial charge in [0.1, 0.15) is 0 Å². The molecule has 0 heterocycles. The SMILES string of the molecule is C=CCOCCOP(=O)(Cl)Cl. The fourth-order valence-corrected chi connectivity index (χ4v) is 1.07. The fraction of sp³-hybridized carbons (Fsp3) is 0.600. The molecule has 0 saturated heterocycles. The van der Waals surface area contributed by atoms with Gasteiger partial charge in [-0.1, -0.05) is 6.08 Å². The van der Waals surface area contributed by atoms with E-state index in [0.717, 1.165) is 0 Å². The van der Waals surface area contributed by atoms with Gasteiger partial charge in [-0.05, 0) is 22.5 Å². The summed E-state index contributed by atoms with van der Waals surface area (Å²) >= 11 is 10.1. The molecule has 0 aliphatic carbocycles. The Kier molecular flexibility index (Phi) is 6.30. The maximum Gasteiger partial charge on any atom is 0.380 e. The van der Waals surface area contributed by atoms with Crippen LogP contribution in [0.1, 0.15) is 0 Å². The Morgan fingerprint density at radius 2 is 2.09 bits per heavy atom. The minimum absolute atomic E-state index is 0.123. The Labute approximate surface area is 75.3 Å². The average molecular weight is 219 g/mol. The van der Waals surface area contributed by atoms with Gasteiger partial charge >= 0.3 is 6.07 Å². The van der Waals surface area contributed by atoms with Gasteiger partial charge in [0, 0.05) is 0 Å². The van der Waals surface area contributed by atoms with E-state index in [4.69, 9.17) is 27.2 Å². The molecule has 6 heteroatoms. The van der Waals surface area contributed by atoms with Crippen LogP contribution in [0, 0.1) is 0 Å². The lowest BCUT2D eigenvalue weighted by molar-refractivity contribution is 0.125. The third-order valence-corrected chi connectivity index (χ3v) is 1.77. The Balaban J connectivity index is 3.15. The van der Waals surface area contributed by atoms with Crippen molar-refractivity contribution in [2.75, 3.05) is 19.8 Å². The molecule has 0 bridgehead atoms. The number of ether oxygens (including phenoxy) is 1. The third kappa shape index (κ3) is 10.5. The summed E-state index contributed by atoms with van der Waals surface area (Å²) in [7, 11) is 0. The second-order valence-corrected chi connectivity index (χ2v) is 5.89. The highest BCUT2D eigenvalue weighted by molar-refractivity contribution is 8.05. The molecule has 0 aromatic carbocycles. The van der Waals surface area contributed by atoms with Crippen LogP contribution >= 0.6 is 28.6 Å². The maximum absolute atomic E-state index is 10.5. The van der Waals surface area contributed by atoms with Crippen LogP contribution in [0.5, 0.6) is 0 Å². The van der Waals surface area contributed by atoms with E-state index >= 15 is 0 Å². The van der Waals surface area contributed by atoms with Gasteiger partial charge < -0.3 is 9.26 Å². The van der Waals surface area contributed by atoms with E-state index in [1.807, 2.05) is 0 Å². The Morgan fingerprint density at radius 3 is 2.55 bits per heavy atom. The molecule has 66 valence electrons. The number of rotatable bonds is 6. The lowest BCUT2D eigenvalue weighted by Crippen LogP contribution is -2.00. The maximum atomic E-state index is 10.5. The zero-order valence-electron chi connectivity index (χ0n) is 5.83. The predicted molar refractivity (Wildman–Crippen MR) is 46.3 cm³/mol. The van der Waals surface area contributed by atoms with Crippen molar-refractivity contribution >= 4 is 28.6 Å². The highest BCUT2D eigenvalue weighted by Gasteiger charge is 2.12. The average Bonchev–Trinajstić information content (AvgIpc) is 1.85. The molecular weight excluding hydrogens is 210 g/mol. The summed E-state index contributed by atoms with van der Waals surface area (Å²) in [5, 5.41) is 0. The van der Waals surface area contributed by atoms with Gasteiger partial charge in [-0.15, -0.1) is 6.58 Å².